The number of rotatable bonds is 10. The predicted octanol–water partition coefficient (Wildman–Crippen LogP) is 5.61. The summed E-state index contributed by atoms with van der Waals surface area (Å²) in [7, 11) is 0. The Bertz CT molecular complexity index is 637. The van der Waals surface area contributed by atoms with Crippen molar-refractivity contribution in [3.05, 3.63) is 29.3 Å². The lowest BCUT2D eigenvalue weighted by Gasteiger charge is -2.35. The molecule has 0 aliphatic heterocycles. The fraction of sp³-hybridized carbons (Fsp3) is 0.708. The molecule has 4 heteroatoms. The van der Waals surface area contributed by atoms with Crippen LogP contribution in [0.1, 0.15) is 95.6 Å². The molecule has 1 saturated carbocycles. The van der Waals surface area contributed by atoms with Crippen molar-refractivity contribution < 1.29 is 20.1 Å². The summed E-state index contributed by atoms with van der Waals surface area (Å²) >= 11 is 0. The summed E-state index contributed by atoms with van der Waals surface area (Å²) in [5.41, 5.74) is 1.98. The lowest BCUT2D eigenvalue weighted by Crippen LogP contribution is -2.28. The van der Waals surface area contributed by atoms with Crippen molar-refractivity contribution in [2.45, 2.75) is 89.9 Å². The number of benzene rings is 1. The Morgan fingerprint density at radius 1 is 1.18 bits per heavy atom. The molecule has 3 N–H and O–H groups in total. The third-order valence-corrected chi connectivity index (χ3v) is 6.71. The summed E-state index contributed by atoms with van der Waals surface area (Å²) < 4.78 is 0. The van der Waals surface area contributed by atoms with Gasteiger partial charge in [0.05, 0.1) is 5.92 Å². The molecule has 1 aliphatic rings. The number of phenols is 1. The zero-order chi connectivity index (χ0) is 20.7. The minimum atomic E-state index is -0.753. The number of phenolic OH excluding ortho intramolecular Hbond substituents is 1. The first-order valence-electron chi connectivity index (χ1n) is 11.0. The molecule has 0 aromatic heterocycles. The first-order valence-corrected chi connectivity index (χ1v) is 11.0. The molecule has 28 heavy (non-hydrogen) atoms. The van der Waals surface area contributed by atoms with Gasteiger partial charge in [0.15, 0.2) is 0 Å². The highest BCUT2D eigenvalue weighted by atomic mass is 16.4. The molecule has 0 unspecified atom stereocenters. The van der Waals surface area contributed by atoms with E-state index in [0.29, 0.717) is 19.3 Å². The molecule has 0 bridgehead atoms. The second kappa shape index (κ2) is 10.3. The van der Waals surface area contributed by atoms with Gasteiger partial charge in [0.25, 0.3) is 0 Å². The monoisotopic (exact) mass is 390 g/mol. The van der Waals surface area contributed by atoms with Gasteiger partial charge >= 0.3 is 5.97 Å². The Kier molecular flexibility index (Phi) is 8.36. The van der Waals surface area contributed by atoms with E-state index in [1.807, 2.05) is 12.1 Å². The number of aromatic hydroxyl groups is 1. The normalized spacial score (nSPS) is 22.9. The van der Waals surface area contributed by atoms with Crippen LogP contribution in [0.15, 0.2) is 18.2 Å². The number of hydrogen-bond acceptors (Lipinski definition) is 3. The van der Waals surface area contributed by atoms with Crippen LogP contribution in [0.5, 0.6) is 5.75 Å². The molecule has 1 aliphatic carbocycles. The maximum absolute atomic E-state index is 11.5. The maximum atomic E-state index is 11.5. The number of aliphatic carboxylic acids is 1. The summed E-state index contributed by atoms with van der Waals surface area (Å²) in [5, 5.41) is 29.7. The highest BCUT2D eigenvalue weighted by molar-refractivity contribution is 5.70. The Balaban J connectivity index is 2.19. The molecule has 0 saturated heterocycles. The van der Waals surface area contributed by atoms with Crippen molar-refractivity contribution in [1.29, 1.82) is 0 Å². The van der Waals surface area contributed by atoms with Gasteiger partial charge in [-0.2, -0.15) is 0 Å². The van der Waals surface area contributed by atoms with Crippen molar-refractivity contribution in [1.82, 2.24) is 0 Å². The fourth-order valence-corrected chi connectivity index (χ4v) is 4.77. The average Bonchev–Trinajstić information content (AvgIpc) is 2.66. The molecule has 0 amide bonds. The molecular formula is C24H38O4. The second-order valence-corrected chi connectivity index (χ2v) is 9.20. The number of aliphatic hydroxyl groups is 1. The lowest BCUT2D eigenvalue weighted by atomic mass is 9.69. The van der Waals surface area contributed by atoms with Crippen molar-refractivity contribution in [3.8, 4) is 5.75 Å². The smallest absolute Gasteiger partial charge is 0.306 e. The molecule has 1 aromatic rings. The molecule has 1 aromatic carbocycles. The van der Waals surface area contributed by atoms with Crippen LogP contribution in [-0.4, -0.2) is 27.9 Å². The highest BCUT2D eigenvalue weighted by Crippen LogP contribution is 2.46. The van der Waals surface area contributed by atoms with Crippen molar-refractivity contribution >= 4 is 5.97 Å². The van der Waals surface area contributed by atoms with E-state index in [1.54, 1.807) is 0 Å². The van der Waals surface area contributed by atoms with Gasteiger partial charge in [0.2, 0.25) is 0 Å². The van der Waals surface area contributed by atoms with Gasteiger partial charge in [-0.15, -0.1) is 0 Å². The number of carbonyl (C=O) groups is 1. The third-order valence-electron chi connectivity index (χ3n) is 6.71. The summed E-state index contributed by atoms with van der Waals surface area (Å²) in [6.45, 7) is 6.76. The van der Waals surface area contributed by atoms with E-state index in [9.17, 15) is 20.1 Å². The molecule has 1 fully saturated rings. The Morgan fingerprint density at radius 3 is 2.54 bits per heavy atom. The third kappa shape index (κ3) is 5.73. The molecule has 2 rings (SSSR count). The number of carboxylic acids is 1. The van der Waals surface area contributed by atoms with Gasteiger partial charge in [0.1, 0.15) is 5.75 Å². The van der Waals surface area contributed by atoms with Crippen LogP contribution in [0, 0.1) is 11.8 Å². The van der Waals surface area contributed by atoms with Gasteiger partial charge in [-0.3, -0.25) is 4.79 Å². The van der Waals surface area contributed by atoms with Crippen LogP contribution >= 0.6 is 0 Å². The van der Waals surface area contributed by atoms with Crippen LogP contribution < -0.4 is 0 Å². The molecule has 4 nitrogen and oxygen atoms in total. The summed E-state index contributed by atoms with van der Waals surface area (Å²) in [4.78, 5) is 11.5. The zero-order valence-electron chi connectivity index (χ0n) is 17.8. The van der Waals surface area contributed by atoms with Gasteiger partial charge in [-0.1, -0.05) is 58.6 Å². The van der Waals surface area contributed by atoms with Crippen molar-refractivity contribution in [2.24, 2.45) is 11.8 Å². The molecule has 0 heterocycles. The number of unbranched alkanes of at least 4 members (excludes halogenated alkanes) is 3. The van der Waals surface area contributed by atoms with Crippen LogP contribution in [0.2, 0.25) is 0 Å². The molecular weight excluding hydrogens is 352 g/mol. The van der Waals surface area contributed by atoms with Gasteiger partial charge in [-0.05, 0) is 66.5 Å². The SMILES string of the molecule is CCCCCCC(C)(C)c1ccc([C@@H]2C[C@H](C(=O)O)CC[C@H]2CCO)c(O)c1. The van der Waals surface area contributed by atoms with Crippen molar-refractivity contribution in [2.75, 3.05) is 6.61 Å². The van der Waals surface area contributed by atoms with E-state index in [4.69, 9.17) is 0 Å². The Morgan fingerprint density at radius 2 is 1.93 bits per heavy atom. The second-order valence-electron chi connectivity index (χ2n) is 9.20. The van der Waals surface area contributed by atoms with Gasteiger partial charge in [0, 0.05) is 6.61 Å². The fourth-order valence-electron chi connectivity index (χ4n) is 4.77. The average molecular weight is 391 g/mol. The largest absolute Gasteiger partial charge is 0.508 e. The van der Waals surface area contributed by atoms with Crippen LogP contribution in [0.4, 0.5) is 0 Å². The molecule has 3 atom stereocenters. The lowest BCUT2D eigenvalue weighted by molar-refractivity contribution is -0.143. The summed E-state index contributed by atoms with van der Waals surface area (Å²) in [5.74, 6) is -0.632. The zero-order valence-corrected chi connectivity index (χ0v) is 17.8. The molecule has 0 spiro atoms. The minimum absolute atomic E-state index is 0.00438. The maximum Gasteiger partial charge on any atom is 0.306 e. The first-order chi connectivity index (χ1) is 13.3. The molecule has 0 radical (unpaired) electrons. The van der Waals surface area contributed by atoms with Crippen molar-refractivity contribution in [3.63, 3.8) is 0 Å². The standard InChI is InChI=1S/C24H38O4/c1-4-5-6-7-13-24(2,3)19-10-11-20(22(26)16-19)21-15-18(23(27)28)9-8-17(21)12-14-25/h10-11,16-18,21,25-26H,4-9,12-15H2,1-3H3,(H,27,28)/t17-,18+,21+/m0/s1. The van der Waals surface area contributed by atoms with Crippen LogP contribution in [-0.2, 0) is 10.2 Å². The first kappa shape index (κ1) is 22.7. The number of hydrogen-bond donors (Lipinski definition) is 3. The predicted molar refractivity (Wildman–Crippen MR) is 113 cm³/mol. The molecule has 158 valence electrons. The van der Waals surface area contributed by atoms with E-state index in [-0.39, 0.29) is 35.5 Å². The van der Waals surface area contributed by atoms with Crippen LogP contribution in [0.3, 0.4) is 0 Å². The topological polar surface area (TPSA) is 77.8 Å². The van der Waals surface area contributed by atoms with E-state index >= 15 is 0 Å². The van der Waals surface area contributed by atoms with E-state index in [2.05, 4.69) is 26.8 Å². The summed E-state index contributed by atoms with van der Waals surface area (Å²) in [6.07, 6.45) is 8.63. The quantitative estimate of drug-likeness (QED) is 0.454. The van der Waals surface area contributed by atoms with E-state index in [0.717, 1.165) is 24.0 Å². The van der Waals surface area contributed by atoms with Crippen LogP contribution in [0.25, 0.3) is 0 Å². The number of aliphatic hydroxyl groups excluding tert-OH is 1. The minimum Gasteiger partial charge on any atom is -0.508 e. The van der Waals surface area contributed by atoms with E-state index < -0.39 is 5.97 Å². The highest BCUT2D eigenvalue weighted by Gasteiger charge is 2.36. The van der Waals surface area contributed by atoms with E-state index in [1.165, 1.54) is 25.7 Å². The Hall–Kier alpha value is -1.55. The van der Waals surface area contributed by atoms with Gasteiger partial charge < -0.3 is 15.3 Å². The van der Waals surface area contributed by atoms with Gasteiger partial charge in [-0.25, -0.2) is 0 Å². The summed E-state index contributed by atoms with van der Waals surface area (Å²) in [6, 6.07) is 5.99. The number of carboxylic acid groups (broad SMARTS) is 1. The Labute approximate surface area is 170 Å².